The number of nitrogens with one attached hydrogen (secondary N) is 2. The molecule has 6 nitrogen and oxygen atoms in total. The molecule has 1 aliphatic heterocycles. The van der Waals surface area contributed by atoms with Crippen LogP contribution in [-0.4, -0.2) is 41.5 Å². The van der Waals surface area contributed by atoms with Crippen molar-refractivity contribution in [2.45, 2.75) is 45.1 Å². The van der Waals surface area contributed by atoms with Gasteiger partial charge in [-0.3, -0.25) is 10.1 Å². The van der Waals surface area contributed by atoms with E-state index in [1.54, 1.807) is 11.9 Å². The highest BCUT2D eigenvalue weighted by Gasteiger charge is 2.24. The summed E-state index contributed by atoms with van der Waals surface area (Å²) in [4.78, 5) is 29.4. The summed E-state index contributed by atoms with van der Waals surface area (Å²) in [6.07, 6.45) is 2.20. The zero-order valence-corrected chi connectivity index (χ0v) is 13.5. The van der Waals surface area contributed by atoms with E-state index in [-0.39, 0.29) is 18.0 Å². The lowest BCUT2D eigenvalue weighted by Gasteiger charge is -2.29. The molecule has 2 N–H and O–H groups in total. The van der Waals surface area contributed by atoms with Crippen molar-refractivity contribution in [1.29, 1.82) is 0 Å². The van der Waals surface area contributed by atoms with Gasteiger partial charge in [0.2, 0.25) is 5.91 Å². The van der Waals surface area contributed by atoms with E-state index < -0.39 is 0 Å². The minimum atomic E-state index is -0.257. The number of likely N-dealkylation sites (N-methyl/N-ethyl adjacent to an activating group) is 1. The summed E-state index contributed by atoms with van der Waals surface area (Å²) in [5, 5.41) is 8.26. The van der Waals surface area contributed by atoms with Crippen LogP contribution in [0.15, 0.2) is 5.38 Å². The van der Waals surface area contributed by atoms with E-state index in [4.69, 9.17) is 0 Å². The first-order valence-electron chi connectivity index (χ1n) is 7.26. The van der Waals surface area contributed by atoms with Crippen LogP contribution in [0, 0.1) is 0 Å². The molecule has 1 fully saturated rings. The van der Waals surface area contributed by atoms with Crippen molar-refractivity contribution in [2.24, 2.45) is 0 Å². The molecule has 0 unspecified atom stereocenters. The second-order valence-electron chi connectivity index (χ2n) is 5.50. The maximum atomic E-state index is 12.0. The predicted molar refractivity (Wildman–Crippen MR) is 83.6 cm³/mol. The quantitative estimate of drug-likeness (QED) is 0.897. The summed E-state index contributed by atoms with van der Waals surface area (Å²) in [6.45, 7) is 4.79. The number of anilines is 1. The van der Waals surface area contributed by atoms with Gasteiger partial charge in [-0.2, -0.15) is 0 Å². The number of amides is 3. The Morgan fingerprint density at radius 3 is 3.05 bits per heavy atom. The number of urea groups is 1. The Hall–Kier alpha value is -1.63. The van der Waals surface area contributed by atoms with Crippen molar-refractivity contribution >= 4 is 28.4 Å². The molecule has 7 heteroatoms. The van der Waals surface area contributed by atoms with Crippen LogP contribution in [0.3, 0.4) is 0 Å². The van der Waals surface area contributed by atoms with Crippen LogP contribution in [-0.2, 0) is 4.79 Å². The molecule has 1 aromatic rings. The van der Waals surface area contributed by atoms with Gasteiger partial charge in [-0.15, -0.1) is 11.3 Å². The molecule has 1 aliphatic rings. The van der Waals surface area contributed by atoms with Crippen molar-refractivity contribution in [3.63, 3.8) is 0 Å². The van der Waals surface area contributed by atoms with Crippen LogP contribution >= 0.6 is 11.3 Å². The van der Waals surface area contributed by atoms with Crippen LogP contribution in [0.2, 0.25) is 0 Å². The molecule has 0 saturated carbocycles. The molecule has 0 spiro atoms. The normalized spacial score (nSPS) is 20.2. The Morgan fingerprint density at radius 2 is 2.38 bits per heavy atom. The first kappa shape index (κ1) is 15.8. The summed E-state index contributed by atoms with van der Waals surface area (Å²) in [7, 11) is 1.76. The van der Waals surface area contributed by atoms with Gasteiger partial charge in [-0.1, -0.05) is 13.8 Å². The average Bonchev–Trinajstić information content (AvgIpc) is 2.90. The molecular formula is C14H22N4O2S. The Kier molecular flexibility index (Phi) is 5.17. The zero-order chi connectivity index (χ0) is 15.4. The molecule has 1 saturated heterocycles. The van der Waals surface area contributed by atoms with Gasteiger partial charge in [-0.05, 0) is 18.8 Å². The highest BCUT2D eigenvalue weighted by molar-refractivity contribution is 7.13. The van der Waals surface area contributed by atoms with Crippen molar-refractivity contribution in [3.8, 4) is 0 Å². The molecule has 0 aromatic carbocycles. The molecule has 1 aromatic heterocycles. The molecule has 0 aliphatic carbocycles. The number of likely N-dealkylation sites (tertiary alicyclic amines) is 1. The van der Waals surface area contributed by atoms with Crippen LogP contribution < -0.4 is 10.6 Å². The van der Waals surface area contributed by atoms with E-state index in [1.165, 1.54) is 11.3 Å². The molecule has 3 amide bonds. The number of thiazole rings is 1. The average molecular weight is 310 g/mol. The topological polar surface area (TPSA) is 74.3 Å². The molecule has 116 valence electrons. The molecule has 0 bridgehead atoms. The number of hydrogen-bond donors (Lipinski definition) is 2. The minimum absolute atomic E-state index is 0.00157. The largest absolute Gasteiger partial charge is 0.344 e. The Labute approximate surface area is 128 Å². The Bertz CT molecular complexity index is 517. The van der Waals surface area contributed by atoms with Gasteiger partial charge < -0.3 is 10.2 Å². The molecular weight excluding hydrogens is 288 g/mol. The second kappa shape index (κ2) is 6.89. The van der Waals surface area contributed by atoms with Gasteiger partial charge in [0, 0.05) is 31.4 Å². The SMILES string of the molecule is CC[C@@H](C)c1csc(NC(=O)N[C@H]2CCC(=O)N(C)C2)n1. The lowest BCUT2D eigenvalue weighted by Crippen LogP contribution is -2.49. The number of nitrogens with zero attached hydrogens (tertiary/aromatic N) is 2. The Balaban J connectivity index is 1.84. The molecule has 2 heterocycles. The summed E-state index contributed by atoms with van der Waals surface area (Å²) in [6, 6.07) is -0.255. The number of aromatic nitrogens is 1. The van der Waals surface area contributed by atoms with Crippen molar-refractivity contribution < 1.29 is 9.59 Å². The summed E-state index contributed by atoms with van der Waals surface area (Å²) in [5.74, 6) is 0.532. The van der Waals surface area contributed by atoms with Crippen LogP contribution in [0.4, 0.5) is 9.93 Å². The fourth-order valence-corrected chi connectivity index (χ4v) is 3.05. The van der Waals surface area contributed by atoms with Crippen LogP contribution in [0.25, 0.3) is 0 Å². The third-order valence-electron chi connectivity index (χ3n) is 3.82. The third kappa shape index (κ3) is 4.17. The van der Waals surface area contributed by atoms with E-state index in [9.17, 15) is 9.59 Å². The number of hydrogen-bond acceptors (Lipinski definition) is 4. The number of rotatable bonds is 4. The van der Waals surface area contributed by atoms with Crippen LogP contribution in [0.1, 0.15) is 44.7 Å². The van der Waals surface area contributed by atoms with Crippen molar-refractivity contribution in [3.05, 3.63) is 11.1 Å². The van der Waals surface area contributed by atoms with E-state index in [0.717, 1.165) is 12.1 Å². The highest BCUT2D eigenvalue weighted by Crippen LogP contribution is 2.23. The highest BCUT2D eigenvalue weighted by atomic mass is 32.1. The van der Waals surface area contributed by atoms with E-state index in [0.29, 0.717) is 30.4 Å². The summed E-state index contributed by atoms with van der Waals surface area (Å²) in [5.41, 5.74) is 1.01. The Morgan fingerprint density at radius 1 is 1.62 bits per heavy atom. The number of carbonyl (C=O) groups is 2. The fourth-order valence-electron chi connectivity index (χ4n) is 2.23. The van der Waals surface area contributed by atoms with Crippen molar-refractivity contribution in [2.75, 3.05) is 18.9 Å². The molecule has 21 heavy (non-hydrogen) atoms. The van der Waals surface area contributed by atoms with Gasteiger partial charge in [-0.25, -0.2) is 9.78 Å². The van der Waals surface area contributed by atoms with E-state index in [1.807, 2.05) is 5.38 Å². The minimum Gasteiger partial charge on any atom is -0.344 e. The number of piperidine rings is 1. The van der Waals surface area contributed by atoms with E-state index in [2.05, 4.69) is 29.5 Å². The lowest BCUT2D eigenvalue weighted by molar-refractivity contribution is -0.132. The third-order valence-corrected chi connectivity index (χ3v) is 4.60. The standard InChI is InChI=1S/C14H22N4O2S/c1-4-9(2)11-8-21-14(16-11)17-13(20)15-10-5-6-12(19)18(3)7-10/h8-10H,4-7H2,1-3H3,(H2,15,16,17,20)/t9-,10+/m1/s1. The van der Waals surface area contributed by atoms with Gasteiger partial charge in [0.15, 0.2) is 5.13 Å². The second-order valence-corrected chi connectivity index (χ2v) is 6.35. The summed E-state index contributed by atoms with van der Waals surface area (Å²) >= 11 is 1.44. The van der Waals surface area contributed by atoms with E-state index >= 15 is 0 Å². The number of carbonyl (C=O) groups excluding carboxylic acids is 2. The maximum Gasteiger partial charge on any atom is 0.321 e. The lowest BCUT2D eigenvalue weighted by atomic mass is 10.1. The molecule has 2 atom stereocenters. The molecule has 2 rings (SSSR count). The van der Waals surface area contributed by atoms with Gasteiger partial charge in [0.05, 0.1) is 5.69 Å². The van der Waals surface area contributed by atoms with Gasteiger partial charge in [0.25, 0.3) is 0 Å². The smallest absolute Gasteiger partial charge is 0.321 e. The van der Waals surface area contributed by atoms with Gasteiger partial charge >= 0.3 is 6.03 Å². The zero-order valence-electron chi connectivity index (χ0n) is 12.7. The molecule has 0 radical (unpaired) electrons. The predicted octanol–water partition coefficient (Wildman–Crippen LogP) is 2.40. The maximum absolute atomic E-state index is 12.0. The van der Waals surface area contributed by atoms with Crippen molar-refractivity contribution in [1.82, 2.24) is 15.2 Å². The first-order chi connectivity index (χ1) is 9.99. The summed E-state index contributed by atoms with van der Waals surface area (Å²) < 4.78 is 0. The van der Waals surface area contributed by atoms with Gasteiger partial charge in [0.1, 0.15) is 0 Å². The van der Waals surface area contributed by atoms with Crippen LogP contribution in [0.5, 0.6) is 0 Å². The monoisotopic (exact) mass is 310 g/mol. The first-order valence-corrected chi connectivity index (χ1v) is 8.14. The fraction of sp³-hybridized carbons (Fsp3) is 0.643.